The third-order valence-electron chi connectivity index (χ3n) is 5.44. The van der Waals surface area contributed by atoms with Crippen molar-refractivity contribution in [3.63, 3.8) is 0 Å². The number of aromatic hydroxyl groups is 1. The number of amides is 3. The van der Waals surface area contributed by atoms with E-state index in [4.69, 9.17) is 4.74 Å². The molecule has 2 rings (SSSR count). The summed E-state index contributed by atoms with van der Waals surface area (Å²) >= 11 is 0. The Bertz CT molecular complexity index is 818. The number of carbonyl (C=O) groups is 3. The van der Waals surface area contributed by atoms with Gasteiger partial charge in [-0.25, -0.2) is 4.79 Å². The molecule has 1 aliphatic carbocycles. The Hall–Kier alpha value is -2.77. The van der Waals surface area contributed by atoms with Crippen LogP contribution in [0.25, 0.3) is 0 Å². The molecule has 0 heterocycles. The lowest BCUT2D eigenvalue weighted by molar-refractivity contribution is -0.146. The summed E-state index contributed by atoms with van der Waals surface area (Å²) in [5, 5.41) is 15.4. The highest BCUT2D eigenvalue weighted by molar-refractivity contribution is 5.91. The van der Waals surface area contributed by atoms with Gasteiger partial charge in [-0.05, 0) is 72.1 Å². The zero-order valence-corrected chi connectivity index (χ0v) is 20.7. The van der Waals surface area contributed by atoms with Crippen molar-refractivity contribution in [3.8, 4) is 5.75 Å². The third-order valence-corrected chi connectivity index (χ3v) is 5.44. The third kappa shape index (κ3) is 8.26. The van der Waals surface area contributed by atoms with E-state index in [9.17, 15) is 19.5 Å². The molecule has 0 bridgehead atoms. The molecule has 0 saturated heterocycles. The van der Waals surface area contributed by atoms with Crippen LogP contribution < -0.4 is 10.6 Å². The van der Waals surface area contributed by atoms with Crippen LogP contribution in [0.1, 0.15) is 85.3 Å². The quantitative estimate of drug-likeness (QED) is 0.593. The number of carbonyl (C=O) groups excluding carboxylic acids is 3. The summed E-state index contributed by atoms with van der Waals surface area (Å²) in [6, 6.07) is 5.45. The first-order chi connectivity index (χ1) is 15.3. The highest BCUT2D eigenvalue weighted by Crippen LogP contribution is 2.31. The Morgan fingerprint density at radius 3 is 2.12 bits per heavy atom. The smallest absolute Gasteiger partial charge is 0.408 e. The van der Waals surface area contributed by atoms with Crippen LogP contribution in [0.15, 0.2) is 24.3 Å². The molecule has 1 aromatic rings. The number of hydrogen-bond donors (Lipinski definition) is 3. The van der Waals surface area contributed by atoms with Crippen LogP contribution in [0.4, 0.5) is 4.79 Å². The summed E-state index contributed by atoms with van der Waals surface area (Å²) in [6.45, 7) is 10.5. The van der Waals surface area contributed by atoms with Gasteiger partial charge in [0, 0.05) is 11.6 Å². The summed E-state index contributed by atoms with van der Waals surface area (Å²) < 4.78 is 5.23. The summed E-state index contributed by atoms with van der Waals surface area (Å²) in [4.78, 5) is 40.5. The molecule has 184 valence electrons. The standard InChI is InChI=1S/C25H39N3O5/c1-24(2,3)28(20(30)16-26-23(32)33-25(4,5)6)21(17-12-14-19(29)15-13-17)22(31)27-18-10-8-7-9-11-18/h12-15,18,21,29H,7-11,16H2,1-6H3,(H,26,32)(H,27,31). The van der Waals surface area contributed by atoms with Gasteiger partial charge < -0.3 is 25.4 Å². The van der Waals surface area contributed by atoms with Crippen LogP contribution in [-0.2, 0) is 14.3 Å². The number of phenols is 1. The van der Waals surface area contributed by atoms with Crippen molar-refractivity contribution in [2.75, 3.05) is 6.54 Å². The number of nitrogens with zero attached hydrogens (tertiary/aromatic N) is 1. The molecule has 1 saturated carbocycles. The largest absolute Gasteiger partial charge is 0.508 e. The Morgan fingerprint density at radius 2 is 1.61 bits per heavy atom. The van der Waals surface area contributed by atoms with E-state index in [2.05, 4.69) is 10.6 Å². The fourth-order valence-corrected chi connectivity index (χ4v) is 4.05. The molecular formula is C25H39N3O5. The lowest BCUT2D eigenvalue weighted by Gasteiger charge is -2.42. The van der Waals surface area contributed by atoms with Crippen LogP contribution in [0.3, 0.4) is 0 Å². The maximum atomic E-state index is 13.5. The predicted molar refractivity (Wildman–Crippen MR) is 127 cm³/mol. The van der Waals surface area contributed by atoms with Gasteiger partial charge in [0.05, 0.1) is 0 Å². The van der Waals surface area contributed by atoms with Crippen LogP contribution in [0.5, 0.6) is 5.75 Å². The van der Waals surface area contributed by atoms with Gasteiger partial charge in [0.1, 0.15) is 23.9 Å². The fourth-order valence-electron chi connectivity index (χ4n) is 4.05. The summed E-state index contributed by atoms with van der Waals surface area (Å²) in [5.41, 5.74) is -0.827. The first kappa shape index (κ1) is 26.5. The normalized spacial score (nSPS) is 15.9. The molecule has 0 aromatic heterocycles. The molecule has 1 aromatic carbocycles. The van der Waals surface area contributed by atoms with Crippen molar-refractivity contribution < 1.29 is 24.2 Å². The van der Waals surface area contributed by atoms with Gasteiger partial charge in [-0.3, -0.25) is 9.59 Å². The van der Waals surface area contributed by atoms with Crippen molar-refractivity contribution in [1.82, 2.24) is 15.5 Å². The van der Waals surface area contributed by atoms with E-state index in [1.54, 1.807) is 32.9 Å². The van der Waals surface area contributed by atoms with E-state index in [-0.39, 0.29) is 24.2 Å². The number of benzene rings is 1. The zero-order valence-electron chi connectivity index (χ0n) is 20.7. The second kappa shape index (κ2) is 10.9. The van der Waals surface area contributed by atoms with Gasteiger partial charge in [-0.15, -0.1) is 0 Å². The molecule has 0 spiro atoms. The molecule has 3 amide bonds. The maximum absolute atomic E-state index is 13.5. The van der Waals surface area contributed by atoms with Gasteiger partial charge in [-0.1, -0.05) is 31.4 Å². The first-order valence-corrected chi connectivity index (χ1v) is 11.7. The Morgan fingerprint density at radius 1 is 1.03 bits per heavy atom. The molecule has 8 nitrogen and oxygen atoms in total. The number of hydrogen-bond acceptors (Lipinski definition) is 5. The van der Waals surface area contributed by atoms with Crippen molar-refractivity contribution in [2.24, 2.45) is 0 Å². The number of ether oxygens (including phenoxy) is 1. The number of alkyl carbamates (subject to hydrolysis) is 1. The summed E-state index contributed by atoms with van der Waals surface area (Å²) in [5.74, 6) is -0.608. The van der Waals surface area contributed by atoms with Crippen molar-refractivity contribution in [1.29, 1.82) is 0 Å². The van der Waals surface area contributed by atoms with Gasteiger partial charge in [0.25, 0.3) is 0 Å². The molecule has 33 heavy (non-hydrogen) atoms. The minimum absolute atomic E-state index is 0.0719. The van der Waals surface area contributed by atoms with Gasteiger partial charge in [0.2, 0.25) is 11.8 Å². The lowest BCUT2D eigenvalue weighted by Crippen LogP contribution is -2.56. The average Bonchev–Trinajstić information content (AvgIpc) is 2.69. The number of nitrogens with one attached hydrogen (secondary N) is 2. The Balaban J connectivity index is 2.31. The van der Waals surface area contributed by atoms with E-state index in [1.165, 1.54) is 17.0 Å². The second-order valence-corrected chi connectivity index (χ2v) is 10.6. The molecule has 1 unspecified atom stereocenters. The number of rotatable bonds is 6. The fraction of sp³-hybridized carbons (Fsp3) is 0.640. The van der Waals surface area contributed by atoms with Crippen molar-refractivity contribution in [3.05, 3.63) is 29.8 Å². The van der Waals surface area contributed by atoms with Crippen LogP contribution in [0, 0.1) is 0 Å². The van der Waals surface area contributed by atoms with Crippen LogP contribution in [-0.4, -0.2) is 51.6 Å². The monoisotopic (exact) mass is 461 g/mol. The highest BCUT2D eigenvalue weighted by Gasteiger charge is 2.39. The molecule has 1 aliphatic rings. The topological polar surface area (TPSA) is 108 Å². The first-order valence-electron chi connectivity index (χ1n) is 11.7. The lowest BCUT2D eigenvalue weighted by atomic mass is 9.93. The van der Waals surface area contributed by atoms with Gasteiger partial charge in [-0.2, -0.15) is 0 Å². The second-order valence-electron chi connectivity index (χ2n) is 10.6. The SMILES string of the molecule is CC(C)(C)OC(=O)NCC(=O)N(C(C(=O)NC1CCCCC1)c1ccc(O)cc1)C(C)(C)C. The van der Waals surface area contributed by atoms with Gasteiger partial charge in [0.15, 0.2) is 0 Å². The highest BCUT2D eigenvalue weighted by atomic mass is 16.6. The molecular weight excluding hydrogens is 422 g/mol. The van der Waals surface area contributed by atoms with Crippen LogP contribution >= 0.6 is 0 Å². The van der Waals surface area contributed by atoms with E-state index >= 15 is 0 Å². The molecule has 0 aliphatic heterocycles. The zero-order chi connectivity index (χ0) is 24.8. The van der Waals surface area contributed by atoms with Crippen LogP contribution in [0.2, 0.25) is 0 Å². The van der Waals surface area contributed by atoms with E-state index in [0.29, 0.717) is 5.56 Å². The van der Waals surface area contributed by atoms with E-state index in [1.807, 2.05) is 20.8 Å². The van der Waals surface area contributed by atoms with E-state index < -0.39 is 29.2 Å². The Kier molecular flexibility index (Phi) is 8.75. The summed E-state index contributed by atoms with van der Waals surface area (Å²) in [6.07, 6.45) is 4.43. The molecule has 8 heteroatoms. The Labute approximate surface area is 197 Å². The molecule has 3 N–H and O–H groups in total. The van der Waals surface area contributed by atoms with Gasteiger partial charge >= 0.3 is 6.09 Å². The van der Waals surface area contributed by atoms with Crippen molar-refractivity contribution >= 4 is 17.9 Å². The molecule has 1 fully saturated rings. The molecule has 1 atom stereocenters. The number of phenolic OH excluding ortho intramolecular Hbond substituents is 1. The molecule has 0 radical (unpaired) electrons. The predicted octanol–water partition coefficient (Wildman–Crippen LogP) is 4.03. The minimum atomic E-state index is -0.916. The summed E-state index contributed by atoms with van der Waals surface area (Å²) in [7, 11) is 0. The average molecular weight is 462 g/mol. The minimum Gasteiger partial charge on any atom is -0.508 e. The van der Waals surface area contributed by atoms with E-state index in [0.717, 1.165) is 32.1 Å². The van der Waals surface area contributed by atoms with Crippen molar-refractivity contribution in [2.45, 2.75) is 96.9 Å². The maximum Gasteiger partial charge on any atom is 0.408 e.